The van der Waals surface area contributed by atoms with Crippen molar-refractivity contribution in [1.82, 2.24) is 15.0 Å². The van der Waals surface area contributed by atoms with Gasteiger partial charge in [-0.3, -0.25) is 4.79 Å². The number of hydrogen-bond donors (Lipinski definition) is 2. The summed E-state index contributed by atoms with van der Waals surface area (Å²) >= 11 is 6.02. The topological polar surface area (TPSA) is 141 Å². The van der Waals surface area contributed by atoms with Crippen LogP contribution in [0, 0.1) is 5.41 Å². The van der Waals surface area contributed by atoms with Gasteiger partial charge in [0.2, 0.25) is 5.09 Å². The highest BCUT2D eigenvalue weighted by molar-refractivity contribution is 7.89. The molecule has 12 heteroatoms. The van der Waals surface area contributed by atoms with Gasteiger partial charge in [-0.1, -0.05) is 18.5 Å². The van der Waals surface area contributed by atoms with E-state index in [4.69, 9.17) is 20.4 Å². The number of halogens is 1. The number of nitrogens with zero attached hydrogens (tertiary/aromatic N) is 1. The van der Waals surface area contributed by atoms with Gasteiger partial charge in [-0.25, -0.2) is 14.5 Å². The van der Waals surface area contributed by atoms with E-state index in [2.05, 4.69) is 22.0 Å². The zero-order valence-electron chi connectivity index (χ0n) is 19.5. The molecule has 10 nitrogen and oxygen atoms in total. The van der Waals surface area contributed by atoms with E-state index in [0.717, 1.165) is 24.4 Å². The van der Waals surface area contributed by atoms with Crippen molar-refractivity contribution < 1.29 is 31.6 Å². The summed E-state index contributed by atoms with van der Waals surface area (Å²) in [7, 11) is -4.28. The number of nitrogens with one attached hydrogen (secondary N) is 2. The van der Waals surface area contributed by atoms with Gasteiger partial charge in [-0.15, -0.1) is 0 Å². The van der Waals surface area contributed by atoms with E-state index in [1.165, 1.54) is 6.07 Å². The van der Waals surface area contributed by atoms with Crippen molar-refractivity contribution >= 4 is 44.7 Å². The number of aromatic nitrogens is 1. The van der Waals surface area contributed by atoms with Crippen LogP contribution >= 0.6 is 11.6 Å². The van der Waals surface area contributed by atoms with Crippen molar-refractivity contribution in [2.24, 2.45) is 5.41 Å². The summed E-state index contributed by atoms with van der Waals surface area (Å²) in [5.74, 6) is 0.157. The van der Waals surface area contributed by atoms with Gasteiger partial charge in [0.05, 0.1) is 6.61 Å². The molecule has 1 atom stereocenters. The second kappa shape index (κ2) is 9.54. The Hall–Kier alpha value is -3.05. The predicted octanol–water partition coefficient (Wildman–Crippen LogP) is 4.60. The number of oxazole rings is 1. The van der Waals surface area contributed by atoms with Crippen LogP contribution in [0.4, 0.5) is 4.79 Å². The van der Waals surface area contributed by atoms with E-state index in [1.807, 2.05) is 13.0 Å². The number of sulfonamides is 1. The lowest BCUT2D eigenvalue weighted by atomic mass is 9.60. The average Bonchev–Trinajstić information content (AvgIpc) is 3.39. The van der Waals surface area contributed by atoms with Crippen molar-refractivity contribution in [1.29, 1.82) is 0 Å². The van der Waals surface area contributed by atoms with E-state index < -0.39 is 27.1 Å². The molecule has 1 aromatic carbocycles. The Morgan fingerprint density at radius 2 is 2.00 bits per heavy atom. The number of carbonyl (C=O) groups excluding carboxylic acids is 2. The van der Waals surface area contributed by atoms with Crippen LogP contribution in [0.15, 0.2) is 44.3 Å². The molecule has 2 aromatic heterocycles. The third kappa shape index (κ3) is 5.62. The second-order valence-corrected chi connectivity index (χ2v) is 11.2. The molecule has 35 heavy (non-hydrogen) atoms. The van der Waals surface area contributed by atoms with E-state index in [0.29, 0.717) is 22.9 Å². The smallest absolute Gasteiger partial charge is 0.421 e. The van der Waals surface area contributed by atoms with E-state index in [1.54, 1.807) is 23.8 Å². The quantitative estimate of drug-likeness (QED) is 0.436. The summed E-state index contributed by atoms with van der Waals surface area (Å²) in [6.45, 7) is 5.57. The first-order chi connectivity index (χ1) is 16.5. The number of fused-ring (bicyclic) bond motifs is 1. The number of carbonyl (C=O) groups is 2. The first-order valence-corrected chi connectivity index (χ1v) is 13.0. The molecule has 188 valence electrons. The molecular formula is C23H26ClN3O7S. The third-order valence-corrected chi connectivity index (χ3v) is 7.35. The fraction of sp³-hybridized carbons (Fsp3) is 0.435. The molecule has 4 rings (SSSR count). The molecule has 0 radical (unpaired) electrons. The van der Waals surface area contributed by atoms with Gasteiger partial charge in [0, 0.05) is 17.0 Å². The van der Waals surface area contributed by atoms with Gasteiger partial charge in [-0.2, -0.15) is 8.42 Å². The Morgan fingerprint density at radius 3 is 2.71 bits per heavy atom. The summed E-state index contributed by atoms with van der Waals surface area (Å²) in [5, 5.41) is 2.89. The Morgan fingerprint density at radius 1 is 1.26 bits per heavy atom. The molecule has 1 fully saturated rings. The molecule has 1 aliphatic rings. The molecule has 0 bridgehead atoms. The summed E-state index contributed by atoms with van der Waals surface area (Å²) in [6.07, 6.45) is 1.29. The fourth-order valence-electron chi connectivity index (χ4n) is 4.56. The minimum Gasteiger partial charge on any atom is -0.449 e. The molecule has 3 aromatic rings. The maximum atomic E-state index is 12.6. The second-order valence-electron chi connectivity index (χ2n) is 9.10. The van der Waals surface area contributed by atoms with E-state index >= 15 is 0 Å². The van der Waals surface area contributed by atoms with E-state index in [9.17, 15) is 18.0 Å². The molecule has 0 unspecified atom stereocenters. The van der Waals surface area contributed by atoms with Crippen molar-refractivity contribution in [3.8, 4) is 0 Å². The number of furan rings is 1. The van der Waals surface area contributed by atoms with Crippen molar-refractivity contribution in [3.05, 3.63) is 47.0 Å². The highest BCUT2D eigenvalue weighted by atomic mass is 35.5. The lowest BCUT2D eigenvalue weighted by Gasteiger charge is -2.45. The summed E-state index contributed by atoms with van der Waals surface area (Å²) < 4.78 is 41.7. The lowest BCUT2D eigenvalue weighted by molar-refractivity contribution is 0.0756. The monoisotopic (exact) mass is 523 g/mol. The minimum atomic E-state index is -4.28. The van der Waals surface area contributed by atoms with Crippen LogP contribution in [-0.2, 0) is 14.8 Å². The highest BCUT2D eigenvalue weighted by Crippen LogP contribution is 2.53. The maximum absolute atomic E-state index is 12.6. The Labute approximate surface area is 207 Å². The molecule has 1 aliphatic carbocycles. The number of rotatable bonds is 8. The molecule has 2 N–H and O–H groups in total. The van der Waals surface area contributed by atoms with Crippen LogP contribution in [0.1, 0.15) is 62.4 Å². The van der Waals surface area contributed by atoms with Crippen LogP contribution in [-0.4, -0.2) is 38.1 Å². The number of ether oxygens (including phenoxy) is 1. The van der Waals surface area contributed by atoms with Gasteiger partial charge >= 0.3 is 6.09 Å². The molecule has 0 spiro atoms. The minimum absolute atomic E-state index is 0.00831. The van der Waals surface area contributed by atoms with Gasteiger partial charge in [0.1, 0.15) is 5.52 Å². The van der Waals surface area contributed by atoms with Crippen molar-refractivity contribution in [2.45, 2.75) is 57.1 Å². The number of amides is 2. The normalized spacial score (nSPS) is 20.7. The van der Waals surface area contributed by atoms with Gasteiger partial charge in [0.15, 0.2) is 17.2 Å². The van der Waals surface area contributed by atoms with Crippen molar-refractivity contribution in [2.75, 3.05) is 6.61 Å². The van der Waals surface area contributed by atoms with Crippen LogP contribution in [0.25, 0.3) is 11.1 Å². The van der Waals surface area contributed by atoms with Crippen molar-refractivity contribution in [3.63, 3.8) is 0 Å². The SMILES string of the molecule is CCOC(=O)NS(=O)(=O)c1ccc(C(=O)N[C@@H](C)C[C@]2(C)C[C@@H](c3nc4cc(Cl)ccc4o3)C2)o1. The third-order valence-electron chi connectivity index (χ3n) is 5.93. The Balaban J connectivity index is 1.31. The van der Waals surface area contributed by atoms with Gasteiger partial charge in [-0.05, 0) is 68.9 Å². The van der Waals surface area contributed by atoms with Crippen LogP contribution in [0.5, 0.6) is 0 Å². The molecular weight excluding hydrogens is 498 g/mol. The average molecular weight is 524 g/mol. The van der Waals surface area contributed by atoms with Gasteiger partial charge < -0.3 is 18.9 Å². The standard InChI is InChI=1S/C23H26ClN3O7S/c1-4-32-22(29)27-35(30,31)19-8-7-18(33-19)20(28)25-13(2)10-23(3)11-14(12-23)21-26-16-9-15(24)5-6-17(16)34-21/h5-9,13-14H,4,10-12H2,1-3H3,(H,25,28)(H,27,29)/t13-,14-,23-/m0/s1. The zero-order chi connectivity index (χ0) is 25.4. The summed E-state index contributed by atoms with van der Waals surface area (Å²) in [4.78, 5) is 28.5. The fourth-order valence-corrected chi connectivity index (χ4v) is 5.55. The Bertz CT molecular complexity index is 1360. The number of benzene rings is 1. The van der Waals surface area contributed by atoms with Crippen LogP contribution < -0.4 is 10.0 Å². The van der Waals surface area contributed by atoms with Crippen LogP contribution in [0.3, 0.4) is 0 Å². The molecule has 2 amide bonds. The summed E-state index contributed by atoms with van der Waals surface area (Å²) in [6, 6.07) is 7.50. The predicted molar refractivity (Wildman–Crippen MR) is 127 cm³/mol. The molecule has 1 saturated carbocycles. The molecule has 0 aliphatic heterocycles. The largest absolute Gasteiger partial charge is 0.449 e. The maximum Gasteiger partial charge on any atom is 0.421 e. The molecule has 0 saturated heterocycles. The first kappa shape index (κ1) is 25.1. The molecule has 2 heterocycles. The van der Waals surface area contributed by atoms with Gasteiger partial charge in [0.25, 0.3) is 15.9 Å². The Kier molecular flexibility index (Phi) is 6.83. The lowest BCUT2D eigenvalue weighted by Crippen LogP contribution is -2.41. The zero-order valence-corrected chi connectivity index (χ0v) is 21.0. The summed E-state index contributed by atoms with van der Waals surface area (Å²) in [5.41, 5.74) is 1.42. The van der Waals surface area contributed by atoms with Crippen LogP contribution in [0.2, 0.25) is 5.02 Å². The van der Waals surface area contributed by atoms with E-state index in [-0.39, 0.29) is 29.7 Å². The highest BCUT2D eigenvalue weighted by Gasteiger charge is 2.44. The number of hydrogen-bond acceptors (Lipinski definition) is 8. The first-order valence-electron chi connectivity index (χ1n) is 11.1.